The van der Waals surface area contributed by atoms with Gasteiger partial charge in [-0.05, 0) is 18.6 Å². The van der Waals surface area contributed by atoms with Crippen LogP contribution in [-0.4, -0.2) is 23.4 Å². The standard InChI is InChI=1S/C12H17ClN2OS/c1-3-7-15(12(16)10(14)4-2)8-9-5-6-11(13)17-9/h3,5-6,10H,1,4,7-8,14H2,2H3. The fourth-order valence-corrected chi connectivity index (χ4v) is 2.53. The highest BCUT2D eigenvalue weighted by atomic mass is 35.5. The highest BCUT2D eigenvalue weighted by molar-refractivity contribution is 7.16. The highest BCUT2D eigenvalue weighted by Gasteiger charge is 2.19. The van der Waals surface area contributed by atoms with Crippen molar-refractivity contribution in [1.82, 2.24) is 4.90 Å². The molecule has 0 fully saturated rings. The second-order valence-corrected chi connectivity index (χ2v) is 5.53. The van der Waals surface area contributed by atoms with Crippen molar-refractivity contribution in [3.8, 4) is 0 Å². The van der Waals surface area contributed by atoms with E-state index in [0.717, 1.165) is 9.21 Å². The summed E-state index contributed by atoms with van der Waals surface area (Å²) in [5, 5.41) is 0. The Kier molecular flexibility index (Phi) is 5.68. The van der Waals surface area contributed by atoms with Gasteiger partial charge in [0, 0.05) is 11.4 Å². The molecule has 0 aromatic carbocycles. The Morgan fingerprint density at radius 1 is 1.71 bits per heavy atom. The number of nitrogens with two attached hydrogens (primary N) is 1. The molecule has 0 aliphatic heterocycles. The third kappa shape index (κ3) is 4.15. The Bertz CT molecular complexity index is 392. The number of halogens is 1. The second-order valence-electron chi connectivity index (χ2n) is 3.73. The molecule has 0 saturated carbocycles. The van der Waals surface area contributed by atoms with Crippen LogP contribution < -0.4 is 5.73 Å². The van der Waals surface area contributed by atoms with Crippen LogP contribution in [0.25, 0.3) is 0 Å². The van der Waals surface area contributed by atoms with Gasteiger partial charge in [0.15, 0.2) is 0 Å². The minimum Gasteiger partial charge on any atom is -0.332 e. The van der Waals surface area contributed by atoms with E-state index in [1.807, 2.05) is 19.1 Å². The van der Waals surface area contributed by atoms with Crippen LogP contribution in [0.15, 0.2) is 24.8 Å². The minimum atomic E-state index is -0.439. The van der Waals surface area contributed by atoms with E-state index < -0.39 is 6.04 Å². The fraction of sp³-hybridized carbons (Fsp3) is 0.417. The van der Waals surface area contributed by atoms with E-state index in [0.29, 0.717) is 19.5 Å². The maximum absolute atomic E-state index is 12.0. The summed E-state index contributed by atoms with van der Waals surface area (Å²) >= 11 is 7.34. The lowest BCUT2D eigenvalue weighted by Gasteiger charge is -2.23. The van der Waals surface area contributed by atoms with Gasteiger partial charge in [0.1, 0.15) is 0 Å². The fourth-order valence-electron chi connectivity index (χ4n) is 1.42. The van der Waals surface area contributed by atoms with Crippen LogP contribution in [0.1, 0.15) is 18.2 Å². The molecular weight excluding hydrogens is 256 g/mol. The van der Waals surface area contributed by atoms with Crippen molar-refractivity contribution < 1.29 is 4.79 Å². The number of hydrogen-bond donors (Lipinski definition) is 1. The molecule has 0 saturated heterocycles. The first-order valence-corrected chi connectivity index (χ1v) is 6.67. The Morgan fingerprint density at radius 3 is 2.88 bits per heavy atom. The van der Waals surface area contributed by atoms with Gasteiger partial charge >= 0.3 is 0 Å². The van der Waals surface area contributed by atoms with Crippen LogP contribution in [0.3, 0.4) is 0 Å². The molecule has 1 aromatic rings. The maximum Gasteiger partial charge on any atom is 0.240 e. The van der Waals surface area contributed by atoms with Gasteiger partial charge in [0.2, 0.25) is 5.91 Å². The summed E-state index contributed by atoms with van der Waals surface area (Å²) in [6, 6.07) is 3.32. The molecule has 1 unspecified atom stereocenters. The van der Waals surface area contributed by atoms with Gasteiger partial charge in [-0.1, -0.05) is 24.6 Å². The second kappa shape index (κ2) is 6.79. The topological polar surface area (TPSA) is 46.3 Å². The molecule has 0 radical (unpaired) electrons. The van der Waals surface area contributed by atoms with Crippen molar-refractivity contribution in [3.05, 3.63) is 34.0 Å². The summed E-state index contributed by atoms with van der Waals surface area (Å²) < 4.78 is 0.728. The van der Waals surface area contributed by atoms with Crippen molar-refractivity contribution in [1.29, 1.82) is 0 Å². The number of rotatable bonds is 6. The van der Waals surface area contributed by atoms with Crippen LogP contribution >= 0.6 is 22.9 Å². The van der Waals surface area contributed by atoms with Gasteiger partial charge in [-0.2, -0.15) is 0 Å². The van der Waals surface area contributed by atoms with Crippen molar-refractivity contribution in [2.24, 2.45) is 5.73 Å². The average molecular weight is 273 g/mol. The summed E-state index contributed by atoms with van der Waals surface area (Å²) in [5.41, 5.74) is 5.76. The molecule has 5 heteroatoms. The number of carbonyl (C=O) groups is 1. The molecule has 1 atom stereocenters. The van der Waals surface area contributed by atoms with Crippen LogP contribution in [0.4, 0.5) is 0 Å². The van der Waals surface area contributed by atoms with Crippen molar-refractivity contribution in [2.75, 3.05) is 6.54 Å². The molecule has 0 aliphatic rings. The molecule has 1 amide bonds. The number of hydrogen-bond acceptors (Lipinski definition) is 3. The monoisotopic (exact) mass is 272 g/mol. The third-order valence-corrected chi connectivity index (χ3v) is 3.61. The van der Waals surface area contributed by atoms with Gasteiger partial charge < -0.3 is 10.6 Å². The van der Waals surface area contributed by atoms with Crippen LogP contribution in [0.2, 0.25) is 4.34 Å². The van der Waals surface area contributed by atoms with Crippen molar-refractivity contribution in [3.63, 3.8) is 0 Å². The molecule has 94 valence electrons. The summed E-state index contributed by atoms with van der Waals surface area (Å²) in [6.07, 6.45) is 2.34. The number of nitrogens with zero attached hydrogens (tertiary/aromatic N) is 1. The Balaban J connectivity index is 2.72. The lowest BCUT2D eigenvalue weighted by molar-refractivity contribution is -0.132. The van der Waals surface area contributed by atoms with Crippen molar-refractivity contribution in [2.45, 2.75) is 25.9 Å². The zero-order valence-electron chi connectivity index (χ0n) is 9.86. The summed E-state index contributed by atoms with van der Waals surface area (Å²) in [5.74, 6) is -0.0445. The third-order valence-electron chi connectivity index (χ3n) is 2.39. The van der Waals surface area contributed by atoms with Crippen LogP contribution in [0.5, 0.6) is 0 Å². The number of carbonyl (C=O) groups excluding carboxylic acids is 1. The van der Waals surface area contributed by atoms with Crippen LogP contribution in [-0.2, 0) is 11.3 Å². The molecule has 1 rings (SSSR count). The predicted molar refractivity (Wildman–Crippen MR) is 73.2 cm³/mol. The first-order valence-electron chi connectivity index (χ1n) is 5.48. The largest absolute Gasteiger partial charge is 0.332 e. The maximum atomic E-state index is 12.0. The minimum absolute atomic E-state index is 0.0445. The quantitative estimate of drug-likeness (QED) is 0.810. The first kappa shape index (κ1) is 14.2. The molecule has 17 heavy (non-hydrogen) atoms. The number of thiophene rings is 1. The molecule has 0 aliphatic carbocycles. The van der Waals surface area contributed by atoms with Gasteiger partial charge in [0.25, 0.3) is 0 Å². The molecule has 2 N–H and O–H groups in total. The van der Waals surface area contributed by atoms with E-state index >= 15 is 0 Å². The van der Waals surface area contributed by atoms with E-state index in [1.165, 1.54) is 11.3 Å². The first-order chi connectivity index (χ1) is 8.08. The van der Waals surface area contributed by atoms with E-state index in [-0.39, 0.29) is 5.91 Å². The molecule has 1 heterocycles. The van der Waals surface area contributed by atoms with E-state index in [2.05, 4.69) is 6.58 Å². The summed E-state index contributed by atoms with van der Waals surface area (Å²) in [4.78, 5) is 14.7. The van der Waals surface area contributed by atoms with E-state index in [9.17, 15) is 4.79 Å². The summed E-state index contributed by atoms with van der Waals surface area (Å²) in [6.45, 7) is 6.60. The van der Waals surface area contributed by atoms with Crippen molar-refractivity contribution >= 4 is 28.8 Å². The van der Waals surface area contributed by atoms with E-state index in [1.54, 1.807) is 11.0 Å². The smallest absolute Gasteiger partial charge is 0.240 e. The van der Waals surface area contributed by atoms with Gasteiger partial charge in [-0.25, -0.2) is 0 Å². The normalized spacial score (nSPS) is 12.2. The molecule has 1 aromatic heterocycles. The Morgan fingerprint density at radius 2 is 2.41 bits per heavy atom. The number of amides is 1. The zero-order valence-corrected chi connectivity index (χ0v) is 11.4. The molecule has 0 bridgehead atoms. The molecule has 0 spiro atoms. The average Bonchev–Trinajstić information content (AvgIpc) is 2.72. The van der Waals surface area contributed by atoms with E-state index in [4.69, 9.17) is 17.3 Å². The Labute approximate surface area is 111 Å². The predicted octanol–water partition coefficient (Wildman–Crippen LogP) is 2.65. The lowest BCUT2D eigenvalue weighted by Crippen LogP contribution is -2.42. The highest BCUT2D eigenvalue weighted by Crippen LogP contribution is 2.22. The van der Waals surface area contributed by atoms with Gasteiger partial charge in [-0.15, -0.1) is 17.9 Å². The summed E-state index contributed by atoms with van der Waals surface area (Å²) in [7, 11) is 0. The molecular formula is C12H17ClN2OS. The zero-order chi connectivity index (χ0) is 12.8. The van der Waals surface area contributed by atoms with Gasteiger partial charge in [-0.3, -0.25) is 4.79 Å². The lowest BCUT2D eigenvalue weighted by atomic mass is 10.2. The SMILES string of the molecule is C=CCN(Cc1ccc(Cl)s1)C(=O)C(N)CC. The molecule has 3 nitrogen and oxygen atoms in total. The van der Waals surface area contributed by atoms with Crippen LogP contribution in [0, 0.1) is 0 Å². The van der Waals surface area contributed by atoms with Gasteiger partial charge in [0.05, 0.1) is 16.9 Å². The Hall–Kier alpha value is -0.840.